The van der Waals surface area contributed by atoms with Crippen molar-refractivity contribution >= 4 is 31.9 Å². The van der Waals surface area contributed by atoms with Gasteiger partial charge in [0, 0.05) is 9.80 Å². The minimum Gasteiger partial charge on any atom is -0.457 e. The van der Waals surface area contributed by atoms with Crippen molar-refractivity contribution in [3.8, 4) is 11.5 Å². The van der Waals surface area contributed by atoms with Gasteiger partial charge >= 0.3 is 0 Å². The summed E-state index contributed by atoms with van der Waals surface area (Å²) in [6.07, 6.45) is 0. The van der Waals surface area contributed by atoms with Crippen LogP contribution in [0.15, 0.2) is 40.9 Å². The Bertz CT molecular complexity index is 564. The van der Waals surface area contributed by atoms with E-state index in [0.29, 0.717) is 0 Å². The number of halogens is 2. The molecule has 0 fully saturated rings. The van der Waals surface area contributed by atoms with Crippen LogP contribution in [0.5, 0.6) is 11.5 Å². The van der Waals surface area contributed by atoms with E-state index in [4.69, 9.17) is 4.74 Å². The first-order chi connectivity index (χ1) is 8.60. The maximum absolute atomic E-state index is 5.92. The maximum Gasteiger partial charge on any atom is 0.131 e. The average Bonchev–Trinajstić information content (AvgIpc) is 2.34. The first-order valence-electron chi connectivity index (χ1n) is 5.69. The summed E-state index contributed by atoms with van der Waals surface area (Å²) in [7, 11) is 0. The van der Waals surface area contributed by atoms with E-state index in [9.17, 15) is 0 Å². The molecule has 0 amide bonds. The summed E-state index contributed by atoms with van der Waals surface area (Å²) in [4.78, 5) is 0. The van der Waals surface area contributed by atoms with Gasteiger partial charge in [-0.2, -0.15) is 0 Å². The lowest BCUT2D eigenvalue weighted by Crippen LogP contribution is -1.90. The second kappa shape index (κ2) is 5.89. The molecule has 0 bridgehead atoms. The maximum atomic E-state index is 5.92. The highest BCUT2D eigenvalue weighted by atomic mass is 79.9. The van der Waals surface area contributed by atoms with Crippen LogP contribution in [0.3, 0.4) is 0 Å². The molecule has 2 aromatic rings. The number of alkyl halides is 1. The largest absolute Gasteiger partial charge is 0.457 e. The summed E-state index contributed by atoms with van der Waals surface area (Å²) in [6.45, 7) is 4.14. The lowest BCUT2D eigenvalue weighted by Gasteiger charge is -2.11. The van der Waals surface area contributed by atoms with E-state index in [0.717, 1.165) is 26.9 Å². The van der Waals surface area contributed by atoms with E-state index < -0.39 is 0 Å². The number of aryl methyl sites for hydroxylation is 2. The van der Waals surface area contributed by atoms with Crippen molar-refractivity contribution in [2.24, 2.45) is 0 Å². The molecule has 0 N–H and O–H groups in total. The fraction of sp³-hybridized carbons (Fsp3) is 0.200. The summed E-state index contributed by atoms with van der Waals surface area (Å²) in [5.41, 5.74) is 3.64. The van der Waals surface area contributed by atoms with Gasteiger partial charge in [-0.15, -0.1) is 0 Å². The Balaban J connectivity index is 2.28. The molecule has 0 aliphatic carbocycles. The molecular formula is C15H14Br2O. The van der Waals surface area contributed by atoms with Gasteiger partial charge in [0.05, 0.1) is 0 Å². The number of ether oxygens (including phenoxy) is 1. The highest BCUT2D eigenvalue weighted by molar-refractivity contribution is 9.10. The molecule has 2 rings (SSSR count). The van der Waals surface area contributed by atoms with Crippen LogP contribution in [0, 0.1) is 13.8 Å². The topological polar surface area (TPSA) is 9.23 Å². The SMILES string of the molecule is Cc1cc(Oc2cc(Br)ccc2C)ccc1CBr. The van der Waals surface area contributed by atoms with Crippen LogP contribution in [-0.2, 0) is 5.33 Å². The fourth-order valence-corrected chi connectivity index (χ4v) is 2.66. The fourth-order valence-electron chi connectivity index (χ4n) is 1.69. The van der Waals surface area contributed by atoms with Gasteiger partial charge in [0.25, 0.3) is 0 Å². The molecule has 0 saturated heterocycles. The standard InChI is InChI=1S/C15H14Br2O/c1-10-3-5-13(17)8-15(10)18-14-6-4-12(9-16)11(2)7-14/h3-8H,9H2,1-2H3. The molecule has 0 spiro atoms. The summed E-state index contributed by atoms with van der Waals surface area (Å²) >= 11 is 6.93. The van der Waals surface area contributed by atoms with Gasteiger partial charge in [0.1, 0.15) is 11.5 Å². The molecule has 18 heavy (non-hydrogen) atoms. The minimum absolute atomic E-state index is 0.870. The van der Waals surface area contributed by atoms with Gasteiger partial charge in [-0.1, -0.05) is 44.0 Å². The highest BCUT2D eigenvalue weighted by Gasteiger charge is 2.04. The third-order valence-electron chi connectivity index (χ3n) is 2.84. The van der Waals surface area contributed by atoms with Crippen molar-refractivity contribution in [3.63, 3.8) is 0 Å². The highest BCUT2D eigenvalue weighted by Crippen LogP contribution is 2.29. The van der Waals surface area contributed by atoms with E-state index in [1.807, 2.05) is 31.2 Å². The van der Waals surface area contributed by atoms with E-state index in [1.165, 1.54) is 11.1 Å². The average molecular weight is 370 g/mol. The van der Waals surface area contributed by atoms with Crippen molar-refractivity contribution in [1.82, 2.24) is 0 Å². The zero-order valence-corrected chi connectivity index (χ0v) is 13.5. The van der Waals surface area contributed by atoms with E-state index in [1.54, 1.807) is 0 Å². The van der Waals surface area contributed by atoms with Crippen LogP contribution < -0.4 is 4.74 Å². The summed E-state index contributed by atoms with van der Waals surface area (Å²) in [5, 5.41) is 0.870. The van der Waals surface area contributed by atoms with Crippen molar-refractivity contribution in [2.75, 3.05) is 0 Å². The van der Waals surface area contributed by atoms with Crippen molar-refractivity contribution in [2.45, 2.75) is 19.2 Å². The first kappa shape index (κ1) is 13.6. The van der Waals surface area contributed by atoms with E-state index in [2.05, 4.69) is 50.9 Å². The van der Waals surface area contributed by atoms with Crippen LogP contribution >= 0.6 is 31.9 Å². The van der Waals surface area contributed by atoms with Gasteiger partial charge in [0.2, 0.25) is 0 Å². The normalized spacial score (nSPS) is 10.4. The third-order valence-corrected chi connectivity index (χ3v) is 3.93. The van der Waals surface area contributed by atoms with Crippen molar-refractivity contribution in [3.05, 3.63) is 57.6 Å². The number of benzene rings is 2. The molecule has 0 heterocycles. The monoisotopic (exact) mass is 368 g/mol. The van der Waals surface area contributed by atoms with Crippen LogP contribution in [0.4, 0.5) is 0 Å². The van der Waals surface area contributed by atoms with Crippen molar-refractivity contribution < 1.29 is 4.74 Å². The predicted octanol–water partition coefficient (Wildman–Crippen LogP) is 5.75. The lowest BCUT2D eigenvalue weighted by molar-refractivity contribution is 0.478. The number of rotatable bonds is 3. The Morgan fingerprint density at radius 2 is 1.78 bits per heavy atom. The molecule has 0 atom stereocenters. The number of hydrogen-bond donors (Lipinski definition) is 0. The van der Waals surface area contributed by atoms with E-state index >= 15 is 0 Å². The summed E-state index contributed by atoms with van der Waals surface area (Å²) in [6, 6.07) is 12.2. The second-order valence-electron chi connectivity index (χ2n) is 4.23. The Hall–Kier alpha value is -0.800. The zero-order valence-electron chi connectivity index (χ0n) is 10.3. The Morgan fingerprint density at radius 1 is 1.00 bits per heavy atom. The first-order valence-corrected chi connectivity index (χ1v) is 7.61. The minimum atomic E-state index is 0.870. The molecule has 2 aromatic carbocycles. The summed E-state index contributed by atoms with van der Waals surface area (Å²) in [5.74, 6) is 1.76. The number of hydrogen-bond acceptors (Lipinski definition) is 1. The molecule has 0 aliphatic rings. The molecule has 94 valence electrons. The molecule has 0 unspecified atom stereocenters. The van der Waals surface area contributed by atoms with Crippen LogP contribution in [0.1, 0.15) is 16.7 Å². The van der Waals surface area contributed by atoms with Crippen LogP contribution in [0.25, 0.3) is 0 Å². The second-order valence-corrected chi connectivity index (χ2v) is 5.71. The molecule has 0 radical (unpaired) electrons. The van der Waals surface area contributed by atoms with E-state index in [-0.39, 0.29) is 0 Å². The van der Waals surface area contributed by atoms with Crippen LogP contribution in [0.2, 0.25) is 0 Å². The molecule has 1 nitrogen and oxygen atoms in total. The molecule has 0 saturated carbocycles. The van der Waals surface area contributed by atoms with Gasteiger partial charge < -0.3 is 4.74 Å². The smallest absolute Gasteiger partial charge is 0.131 e. The Kier molecular flexibility index (Phi) is 4.46. The van der Waals surface area contributed by atoms with Gasteiger partial charge in [0.15, 0.2) is 0 Å². The third kappa shape index (κ3) is 3.15. The van der Waals surface area contributed by atoms with Gasteiger partial charge in [-0.05, 0) is 54.8 Å². The van der Waals surface area contributed by atoms with Crippen molar-refractivity contribution in [1.29, 1.82) is 0 Å². The molecule has 0 aromatic heterocycles. The van der Waals surface area contributed by atoms with Gasteiger partial charge in [-0.3, -0.25) is 0 Å². The molecule has 3 heteroatoms. The quantitative estimate of drug-likeness (QED) is 0.625. The Morgan fingerprint density at radius 3 is 2.44 bits per heavy atom. The lowest BCUT2D eigenvalue weighted by atomic mass is 10.1. The molecular weight excluding hydrogens is 356 g/mol. The van der Waals surface area contributed by atoms with Gasteiger partial charge in [-0.25, -0.2) is 0 Å². The Labute approximate surface area is 124 Å². The van der Waals surface area contributed by atoms with Crippen LogP contribution in [-0.4, -0.2) is 0 Å². The zero-order chi connectivity index (χ0) is 13.1. The predicted molar refractivity (Wildman–Crippen MR) is 82.8 cm³/mol. The summed E-state index contributed by atoms with van der Waals surface area (Å²) < 4.78 is 6.95. The molecule has 0 aliphatic heterocycles.